The highest BCUT2D eigenvalue weighted by atomic mass is 35.5. The molecule has 0 amide bonds. The summed E-state index contributed by atoms with van der Waals surface area (Å²) in [5, 5.41) is 9.74. The van der Waals surface area contributed by atoms with Crippen molar-refractivity contribution in [2.75, 3.05) is 0 Å². The molecule has 0 spiro atoms. The maximum Gasteiger partial charge on any atom is 0.134 e. The molecule has 0 bridgehead atoms. The monoisotopic (exact) mass is 324 g/mol. The third-order valence-electron chi connectivity index (χ3n) is 3.84. The van der Waals surface area contributed by atoms with Gasteiger partial charge in [0.1, 0.15) is 18.1 Å². The average molecular weight is 325 g/mol. The third-order valence-corrected chi connectivity index (χ3v) is 4.15. The summed E-state index contributed by atoms with van der Waals surface area (Å²) in [6, 6.07) is 21.4. The Kier molecular flexibility index (Phi) is 4.54. The molecular weight excluding hydrogens is 308 g/mol. The molecule has 3 rings (SSSR count). The lowest BCUT2D eigenvalue weighted by molar-refractivity contribution is 0.305. The average Bonchev–Trinajstić information content (AvgIpc) is 2.58. The van der Waals surface area contributed by atoms with Crippen molar-refractivity contribution in [1.82, 2.24) is 0 Å². The van der Waals surface area contributed by atoms with Crippen LogP contribution in [0.3, 0.4) is 0 Å². The van der Waals surface area contributed by atoms with Crippen molar-refractivity contribution in [3.63, 3.8) is 0 Å². The highest BCUT2D eigenvalue weighted by Gasteiger charge is 2.07. The van der Waals surface area contributed by atoms with Crippen molar-refractivity contribution >= 4 is 11.6 Å². The predicted molar refractivity (Wildman–Crippen MR) is 94.1 cm³/mol. The first kappa shape index (κ1) is 15.4. The van der Waals surface area contributed by atoms with Crippen LogP contribution in [0.5, 0.6) is 11.5 Å². The van der Waals surface area contributed by atoms with Gasteiger partial charge in [-0.05, 0) is 41.3 Å². The fourth-order valence-electron chi connectivity index (χ4n) is 2.51. The number of rotatable bonds is 4. The molecule has 0 heterocycles. The number of phenols is 1. The summed E-state index contributed by atoms with van der Waals surface area (Å²) in [5.41, 5.74) is 4.72. The molecular formula is C20H17ClO2. The molecule has 0 saturated heterocycles. The van der Waals surface area contributed by atoms with Gasteiger partial charge in [0.05, 0.1) is 5.02 Å². The van der Waals surface area contributed by atoms with E-state index in [1.165, 1.54) is 22.8 Å². The summed E-state index contributed by atoms with van der Waals surface area (Å²) >= 11 is 5.90. The van der Waals surface area contributed by atoms with Crippen LogP contribution in [0.25, 0.3) is 11.1 Å². The molecule has 0 fully saturated rings. The van der Waals surface area contributed by atoms with Gasteiger partial charge in [0.2, 0.25) is 0 Å². The van der Waals surface area contributed by atoms with Crippen LogP contribution < -0.4 is 4.74 Å². The van der Waals surface area contributed by atoms with Crippen LogP contribution in [0, 0.1) is 6.92 Å². The second kappa shape index (κ2) is 6.76. The van der Waals surface area contributed by atoms with Gasteiger partial charge >= 0.3 is 0 Å². The molecule has 23 heavy (non-hydrogen) atoms. The Hall–Kier alpha value is -2.45. The molecule has 3 aromatic rings. The molecule has 1 N–H and O–H groups in total. The first-order valence-electron chi connectivity index (χ1n) is 7.40. The Balaban J connectivity index is 1.82. The van der Waals surface area contributed by atoms with E-state index in [2.05, 4.69) is 31.2 Å². The first-order chi connectivity index (χ1) is 11.1. The van der Waals surface area contributed by atoms with Crippen LogP contribution >= 0.6 is 11.6 Å². The lowest BCUT2D eigenvalue weighted by Gasteiger charge is -2.13. The summed E-state index contributed by atoms with van der Waals surface area (Å²) in [7, 11) is 0. The van der Waals surface area contributed by atoms with E-state index in [9.17, 15) is 5.11 Å². The molecule has 0 radical (unpaired) electrons. The minimum atomic E-state index is 0.0567. The minimum absolute atomic E-state index is 0.0567. The minimum Gasteiger partial charge on any atom is -0.506 e. The summed E-state index contributed by atoms with van der Waals surface area (Å²) in [6.07, 6.45) is 0. The SMILES string of the molecule is Cc1c(COc2ccc(O)c(Cl)c2)cccc1-c1ccccc1. The van der Waals surface area contributed by atoms with Gasteiger partial charge in [0, 0.05) is 6.07 Å². The lowest BCUT2D eigenvalue weighted by atomic mass is 9.97. The first-order valence-corrected chi connectivity index (χ1v) is 7.78. The van der Waals surface area contributed by atoms with Gasteiger partial charge in [0.15, 0.2) is 0 Å². The molecule has 0 saturated carbocycles. The van der Waals surface area contributed by atoms with E-state index < -0.39 is 0 Å². The van der Waals surface area contributed by atoms with E-state index in [-0.39, 0.29) is 10.8 Å². The molecule has 0 aliphatic heterocycles. The molecule has 0 atom stereocenters. The molecule has 2 nitrogen and oxygen atoms in total. The van der Waals surface area contributed by atoms with E-state index in [0.717, 1.165) is 5.56 Å². The van der Waals surface area contributed by atoms with E-state index in [1.807, 2.05) is 24.3 Å². The van der Waals surface area contributed by atoms with E-state index in [0.29, 0.717) is 12.4 Å². The second-order valence-electron chi connectivity index (χ2n) is 5.36. The molecule has 0 unspecified atom stereocenters. The number of benzene rings is 3. The molecule has 0 aromatic heterocycles. The highest BCUT2D eigenvalue weighted by Crippen LogP contribution is 2.29. The predicted octanol–water partition coefficient (Wildman–Crippen LogP) is 5.60. The maximum absolute atomic E-state index is 9.45. The fourth-order valence-corrected chi connectivity index (χ4v) is 2.68. The van der Waals surface area contributed by atoms with Crippen molar-refractivity contribution in [1.29, 1.82) is 0 Å². The van der Waals surface area contributed by atoms with Gasteiger partial charge in [0.25, 0.3) is 0 Å². The fraction of sp³-hybridized carbons (Fsp3) is 0.100. The van der Waals surface area contributed by atoms with Crippen molar-refractivity contribution < 1.29 is 9.84 Å². The molecule has 3 aromatic carbocycles. The van der Waals surface area contributed by atoms with E-state index >= 15 is 0 Å². The zero-order valence-electron chi connectivity index (χ0n) is 12.8. The molecule has 0 aliphatic carbocycles. The van der Waals surface area contributed by atoms with Gasteiger partial charge in [-0.1, -0.05) is 60.1 Å². The smallest absolute Gasteiger partial charge is 0.134 e. The molecule has 116 valence electrons. The number of ether oxygens (including phenoxy) is 1. The topological polar surface area (TPSA) is 29.5 Å². The molecule has 0 aliphatic rings. The van der Waals surface area contributed by atoms with E-state index in [1.54, 1.807) is 12.1 Å². The molecule has 3 heteroatoms. The quantitative estimate of drug-likeness (QED) is 0.677. The summed E-state index contributed by atoms with van der Waals surface area (Å²) in [5.74, 6) is 0.693. The maximum atomic E-state index is 9.45. The number of hydrogen-bond donors (Lipinski definition) is 1. The zero-order valence-corrected chi connectivity index (χ0v) is 13.5. The van der Waals surface area contributed by atoms with Crippen molar-refractivity contribution in [2.24, 2.45) is 0 Å². The van der Waals surface area contributed by atoms with Crippen LogP contribution in [-0.2, 0) is 6.61 Å². The van der Waals surface area contributed by atoms with Gasteiger partial charge in [-0.2, -0.15) is 0 Å². The van der Waals surface area contributed by atoms with Gasteiger partial charge in [-0.25, -0.2) is 0 Å². The van der Waals surface area contributed by atoms with E-state index in [4.69, 9.17) is 16.3 Å². The highest BCUT2D eigenvalue weighted by molar-refractivity contribution is 6.32. The Labute approximate surface area is 140 Å². The third kappa shape index (κ3) is 3.49. The van der Waals surface area contributed by atoms with Crippen LogP contribution in [-0.4, -0.2) is 5.11 Å². The largest absolute Gasteiger partial charge is 0.506 e. The Morgan fingerprint density at radius 3 is 2.48 bits per heavy atom. The van der Waals surface area contributed by atoms with Gasteiger partial charge in [-0.3, -0.25) is 0 Å². The van der Waals surface area contributed by atoms with Crippen LogP contribution in [0.1, 0.15) is 11.1 Å². The number of hydrogen-bond acceptors (Lipinski definition) is 2. The Morgan fingerprint density at radius 2 is 1.74 bits per heavy atom. The van der Waals surface area contributed by atoms with Gasteiger partial charge in [-0.15, -0.1) is 0 Å². The van der Waals surface area contributed by atoms with Crippen molar-refractivity contribution in [3.05, 3.63) is 82.9 Å². The van der Waals surface area contributed by atoms with Crippen LogP contribution in [0.2, 0.25) is 5.02 Å². The second-order valence-corrected chi connectivity index (χ2v) is 5.76. The van der Waals surface area contributed by atoms with Crippen LogP contribution in [0.4, 0.5) is 0 Å². The normalized spacial score (nSPS) is 10.5. The summed E-state index contributed by atoms with van der Waals surface area (Å²) in [4.78, 5) is 0. The summed E-state index contributed by atoms with van der Waals surface area (Å²) in [6.45, 7) is 2.55. The number of phenolic OH excluding ortho intramolecular Hbond substituents is 1. The summed E-state index contributed by atoms with van der Waals surface area (Å²) < 4.78 is 5.80. The van der Waals surface area contributed by atoms with Crippen molar-refractivity contribution in [2.45, 2.75) is 13.5 Å². The lowest BCUT2D eigenvalue weighted by Crippen LogP contribution is -1.99. The zero-order chi connectivity index (χ0) is 16.2. The van der Waals surface area contributed by atoms with Gasteiger partial charge < -0.3 is 9.84 Å². The Bertz CT molecular complexity index is 813. The standard InChI is InChI=1S/C20H17ClO2/c1-14-16(13-23-17-10-11-20(22)19(21)12-17)8-5-9-18(14)15-6-3-2-4-7-15/h2-12,22H,13H2,1H3. The van der Waals surface area contributed by atoms with Crippen molar-refractivity contribution in [3.8, 4) is 22.6 Å². The Morgan fingerprint density at radius 1 is 0.957 bits per heavy atom. The number of halogens is 1. The number of aromatic hydroxyl groups is 1. The van der Waals surface area contributed by atoms with Crippen LogP contribution in [0.15, 0.2) is 66.7 Å².